The molecule has 0 saturated carbocycles. The second-order valence-electron chi connectivity index (χ2n) is 5.56. The molecular formula is C17H22O2. The zero-order valence-corrected chi connectivity index (χ0v) is 11.8. The molecule has 1 aromatic carbocycles. The second-order valence-corrected chi connectivity index (χ2v) is 5.56. The van der Waals surface area contributed by atoms with Gasteiger partial charge in [0.05, 0.1) is 6.61 Å². The summed E-state index contributed by atoms with van der Waals surface area (Å²) in [5.41, 5.74) is 2.21. The zero-order chi connectivity index (χ0) is 13.7. The van der Waals surface area contributed by atoms with E-state index in [9.17, 15) is 4.79 Å². The van der Waals surface area contributed by atoms with Crippen LogP contribution in [0.1, 0.15) is 43.5 Å². The van der Waals surface area contributed by atoms with Gasteiger partial charge < -0.3 is 4.74 Å². The van der Waals surface area contributed by atoms with E-state index < -0.39 is 0 Å². The van der Waals surface area contributed by atoms with Crippen LogP contribution in [0.5, 0.6) is 5.75 Å². The van der Waals surface area contributed by atoms with Gasteiger partial charge in [0.15, 0.2) is 0 Å². The number of aldehydes is 1. The Morgan fingerprint density at radius 1 is 1.37 bits per heavy atom. The molecule has 0 spiro atoms. The minimum Gasteiger partial charge on any atom is -0.493 e. The molecule has 2 unspecified atom stereocenters. The third-order valence-corrected chi connectivity index (χ3v) is 4.01. The van der Waals surface area contributed by atoms with Crippen LogP contribution in [0.25, 0.3) is 0 Å². The number of ether oxygens (including phenoxy) is 1. The van der Waals surface area contributed by atoms with Crippen molar-refractivity contribution < 1.29 is 9.53 Å². The maximum Gasteiger partial charge on any atom is 0.150 e. The van der Waals surface area contributed by atoms with Crippen molar-refractivity contribution >= 4 is 6.29 Å². The van der Waals surface area contributed by atoms with Gasteiger partial charge in [-0.3, -0.25) is 4.79 Å². The first-order valence-electron chi connectivity index (χ1n) is 7.02. The normalized spacial score (nSPS) is 20.5. The topological polar surface area (TPSA) is 26.3 Å². The maximum atomic E-state index is 10.6. The molecule has 1 aliphatic rings. The van der Waals surface area contributed by atoms with Crippen molar-refractivity contribution in [1.29, 1.82) is 0 Å². The lowest BCUT2D eigenvalue weighted by molar-refractivity contribution is 0.112. The average molecular weight is 258 g/mol. The Morgan fingerprint density at radius 2 is 2.11 bits per heavy atom. The van der Waals surface area contributed by atoms with Crippen LogP contribution in [0.4, 0.5) is 0 Å². The van der Waals surface area contributed by atoms with Gasteiger partial charge in [-0.15, -0.1) is 0 Å². The van der Waals surface area contributed by atoms with Crippen LogP contribution in [0, 0.1) is 11.8 Å². The summed E-state index contributed by atoms with van der Waals surface area (Å²) in [4.78, 5) is 10.6. The molecule has 0 amide bonds. The molecule has 1 aromatic rings. The SMILES string of the molecule is CC1=CCC(C(C)COc2ccc(C=O)cc2)CC1. The Bertz CT molecular complexity index is 445. The van der Waals surface area contributed by atoms with E-state index in [4.69, 9.17) is 4.74 Å². The highest BCUT2D eigenvalue weighted by molar-refractivity contribution is 5.74. The van der Waals surface area contributed by atoms with Gasteiger partial charge in [-0.05, 0) is 62.3 Å². The van der Waals surface area contributed by atoms with Gasteiger partial charge in [0.25, 0.3) is 0 Å². The Labute approximate surface area is 115 Å². The van der Waals surface area contributed by atoms with Gasteiger partial charge in [-0.1, -0.05) is 18.6 Å². The van der Waals surface area contributed by atoms with Crippen LogP contribution in [0.2, 0.25) is 0 Å². The minimum absolute atomic E-state index is 0.565. The van der Waals surface area contributed by atoms with E-state index in [0.717, 1.165) is 24.6 Å². The summed E-state index contributed by atoms with van der Waals surface area (Å²) in [6.07, 6.45) is 6.90. The molecule has 0 aromatic heterocycles. The van der Waals surface area contributed by atoms with Crippen molar-refractivity contribution in [2.45, 2.75) is 33.1 Å². The van der Waals surface area contributed by atoms with E-state index in [1.54, 1.807) is 12.1 Å². The van der Waals surface area contributed by atoms with E-state index in [1.165, 1.54) is 24.8 Å². The lowest BCUT2D eigenvalue weighted by Gasteiger charge is -2.26. The molecule has 0 radical (unpaired) electrons. The van der Waals surface area contributed by atoms with Crippen molar-refractivity contribution in [2.24, 2.45) is 11.8 Å². The van der Waals surface area contributed by atoms with E-state index >= 15 is 0 Å². The lowest BCUT2D eigenvalue weighted by atomic mass is 9.82. The molecule has 1 aliphatic carbocycles. The number of allylic oxidation sites excluding steroid dienone is 2. The third-order valence-electron chi connectivity index (χ3n) is 4.01. The Kier molecular flexibility index (Phi) is 4.78. The first-order valence-corrected chi connectivity index (χ1v) is 7.02. The molecule has 2 atom stereocenters. The summed E-state index contributed by atoms with van der Waals surface area (Å²) in [6.45, 7) is 5.23. The highest BCUT2D eigenvalue weighted by Gasteiger charge is 2.19. The molecule has 0 bridgehead atoms. The van der Waals surface area contributed by atoms with Gasteiger partial charge in [0.2, 0.25) is 0 Å². The predicted molar refractivity (Wildman–Crippen MR) is 77.6 cm³/mol. The number of hydrogen-bond donors (Lipinski definition) is 0. The van der Waals surface area contributed by atoms with Gasteiger partial charge in [0, 0.05) is 5.56 Å². The van der Waals surface area contributed by atoms with Gasteiger partial charge in [0.1, 0.15) is 12.0 Å². The number of benzene rings is 1. The Hall–Kier alpha value is -1.57. The molecule has 0 aliphatic heterocycles. The summed E-state index contributed by atoms with van der Waals surface area (Å²) in [7, 11) is 0. The van der Waals surface area contributed by atoms with Crippen LogP contribution in [-0.4, -0.2) is 12.9 Å². The summed E-state index contributed by atoms with van der Waals surface area (Å²) in [6, 6.07) is 7.31. The maximum absolute atomic E-state index is 10.6. The molecule has 2 heteroatoms. The summed E-state index contributed by atoms with van der Waals surface area (Å²) < 4.78 is 5.81. The molecule has 0 N–H and O–H groups in total. The Balaban J connectivity index is 1.82. The second kappa shape index (κ2) is 6.55. The quantitative estimate of drug-likeness (QED) is 0.582. The molecular weight excluding hydrogens is 236 g/mol. The van der Waals surface area contributed by atoms with Crippen LogP contribution < -0.4 is 4.74 Å². The predicted octanol–water partition coefficient (Wildman–Crippen LogP) is 4.26. The summed E-state index contributed by atoms with van der Waals surface area (Å²) >= 11 is 0. The number of carbonyl (C=O) groups excluding carboxylic acids is 1. The fourth-order valence-corrected chi connectivity index (χ4v) is 2.51. The van der Waals surface area contributed by atoms with Crippen LogP contribution in [-0.2, 0) is 0 Å². The highest BCUT2D eigenvalue weighted by atomic mass is 16.5. The molecule has 0 saturated heterocycles. The molecule has 2 rings (SSSR count). The first-order chi connectivity index (χ1) is 9.19. The lowest BCUT2D eigenvalue weighted by Crippen LogP contribution is -2.20. The van der Waals surface area contributed by atoms with Crippen molar-refractivity contribution in [3.63, 3.8) is 0 Å². The van der Waals surface area contributed by atoms with Crippen molar-refractivity contribution in [2.75, 3.05) is 6.61 Å². The number of carbonyl (C=O) groups is 1. The van der Waals surface area contributed by atoms with Gasteiger partial charge >= 0.3 is 0 Å². The number of hydrogen-bond acceptors (Lipinski definition) is 2. The molecule has 19 heavy (non-hydrogen) atoms. The van der Waals surface area contributed by atoms with E-state index in [0.29, 0.717) is 11.5 Å². The van der Waals surface area contributed by atoms with Crippen molar-refractivity contribution in [3.8, 4) is 5.75 Å². The van der Waals surface area contributed by atoms with E-state index in [1.807, 2.05) is 12.1 Å². The average Bonchev–Trinajstić information content (AvgIpc) is 2.46. The van der Waals surface area contributed by atoms with Crippen LogP contribution in [0.3, 0.4) is 0 Å². The zero-order valence-electron chi connectivity index (χ0n) is 11.8. The minimum atomic E-state index is 0.565. The summed E-state index contributed by atoms with van der Waals surface area (Å²) in [5, 5.41) is 0. The smallest absolute Gasteiger partial charge is 0.150 e. The third kappa shape index (κ3) is 3.95. The summed E-state index contributed by atoms with van der Waals surface area (Å²) in [5.74, 6) is 2.15. The first kappa shape index (κ1) is 13.9. The van der Waals surface area contributed by atoms with Gasteiger partial charge in [-0.2, -0.15) is 0 Å². The van der Waals surface area contributed by atoms with Crippen molar-refractivity contribution in [3.05, 3.63) is 41.5 Å². The fourth-order valence-electron chi connectivity index (χ4n) is 2.51. The Morgan fingerprint density at radius 3 is 2.68 bits per heavy atom. The van der Waals surface area contributed by atoms with E-state index in [2.05, 4.69) is 19.9 Å². The molecule has 2 nitrogen and oxygen atoms in total. The fraction of sp³-hybridized carbons (Fsp3) is 0.471. The van der Waals surface area contributed by atoms with Crippen molar-refractivity contribution in [1.82, 2.24) is 0 Å². The highest BCUT2D eigenvalue weighted by Crippen LogP contribution is 2.29. The van der Waals surface area contributed by atoms with Gasteiger partial charge in [-0.25, -0.2) is 0 Å². The molecule has 102 valence electrons. The van der Waals surface area contributed by atoms with Crippen LogP contribution in [0.15, 0.2) is 35.9 Å². The largest absolute Gasteiger partial charge is 0.493 e. The number of rotatable bonds is 5. The monoisotopic (exact) mass is 258 g/mol. The van der Waals surface area contributed by atoms with Crippen LogP contribution >= 0.6 is 0 Å². The molecule has 0 fully saturated rings. The molecule has 0 heterocycles. The standard InChI is InChI=1S/C17H22O2/c1-13-3-7-16(8-4-13)14(2)12-19-17-9-5-15(11-18)6-10-17/h3,5-6,9-11,14,16H,4,7-8,12H2,1-2H3. The van der Waals surface area contributed by atoms with E-state index in [-0.39, 0.29) is 0 Å².